The molecule has 110 valence electrons. The molecule has 1 saturated heterocycles. The Kier molecular flexibility index (Phi) is 4.29. The Morgan fingerprint density at radius 1 is 1.50 bits per heavy atom. The monoisotopic (exact) mass is 296 g/mol. The molecule has 1 aromatic carbocycles. The van der Waals surface area contributed by atoms with Gasteiger partial charge in [-0.25, -0.2) is 0 Å². The van der Waals surface area contributed by atoms with Gasteiger partial charge >= 0.3 is 10.2 Å². The molecule has 20 heavy (non-hydrogen) atoms. The molecule has 1 aliphatic heterocycles. The Balaban J connectivity index is 2.15. The molecule has 6 nitrogen and oxygen atoms in total. The first kappa shape index (κ1) is 14.8. The summed E-state index contributed by atoms with van der Waals surface area (Å²) in [6.45, 7) is 3.14. The van der Waals surface area contributed by atoms with Crippen molar-refractivity contribution in [1.82, 2.24) is 4.31 Å². The van der Waals surface area contributed by atoms with Crippen LogP contribution in [0.15, 0.2) is 24.3 Å². The van der Waals surface area contributed by atoms with Crippen molar-refractivity contribution in [3.8, 4) is 0 Å². The van der Waals surface area contributed by atoms with Crippen LogP contribution in [0.25, 0.3) is 0 Å². The minimum absolute atomic E-state index is 0.0855. The smallest absolute Gasteiger partial charge is 0.301 e. The lowest BCUT2D eigenvalue weighted by Crippen LogP contribution is -2.42. The van der Waals surface area contributed by atoms with E-state index in [9.17, 15) is 8.42 Å². The van der Waals surface area contributed by atoms with Crippen molar-refractivity contribution >= 4 is 21.7 Å². The molecule has 7 heteroatoms. The number of nitrogens with zero attached hydrogens (tertiary/aromatic N) is 1. The van der Waals surface area contributed by atoms with Gasteiger partial charge in [-0.3, -0.25) is 10.1 Å². The number of piperidine rings is 1. The van der Waals surface area contributed by atoms with Crippen molar-refractivity contribution in [2.75, 3.05) is 17.8 Å². The van der Waals surface area contributed by atoms with Gasteiger partial charge in [0, 0.05) is 18.7 Å². The van der Waals surface area contributed by atoms with Crippen LogP contribution < -0.4 is 10.5 Å². The lowest BCUT2D eigenvalue weighted by molar-refractivity contribution is 0.282. The van der Waals surface area contributed by atoms with Crippen LogP contribution in [0.4, 0.5) is 5.69 Å². The maximum Gasteiger partial charge on any atom is 0.301 e. The Bertz CT molecular complexity index is 600. The lowest BCUT2D eigenvalue weighted by atomic mass is 10.0. The van der Waals surface area contributed by atoms with Crippen LogP contribution in [-0.2, 0) is 10.2 Å². The molecule has 0 aromatic heterocycles. The van der Waals surface area contributed by atoms with Gasteiger partial charge in [0.25, 0.3) is 0 Å². The van der Waals surface area contributed by atoms with E-state index in [0.717, 1.165) is 12.8 Å². The SMILES string of the molecule is CC1CCCN(S(=O)(=O)Nc2cccc(C(=N)N)c2)C1. The van der Waals surface area contributed by atoms with Crippen LogP contribution in [0, 0.1) is 11.3 Å². The maximum atomic E-state index is 12.3. The molecule has 0 bridgehead atoms. The largest absolute Gasteiger partial charge is 0.384 e. The summed E-state index contributed by atoms with van der Waals surface area (Å²) in [5, 5.41) is 7.38. The molecule has 0 saturated carbocycles. The summed E-state index contributed by atoms with van der Waals surface area (Å²) < 4.78 is 28.6. The second kappa shape index (κ2) is 5.80. The molecule has 4 N–H and O–H groups in total. The molecule has 1 aliphatic rings. The second-order valence-electron chi connectivity index (χ2n) is 5.21. The highest BCUT2D eigenvalue weighted by Crippen LogP contribution is 2.20. The minimum Gasteiger partial charge on any atom is -0.384 e. The first-order valence-electron chi connectivity index (χ1n) is 6.61. The highest BCUT2D eigenvalue weighted by molar-refractivity contribution is 7.90. The Morgan fingerprint density at radius 3 is 2.90 bits per heavy atom. The molecule has 2 rings (SSSR count). The molecular weight excluding hydrogens is 276 g/mol. The topological polar surface area (TPSA) is 99.3 Å². The third-order valence-corrected chi connectivity index (χ3v) is 4.89. The van der Waals surface area contributed by atoms with Crippen molar-refractivity contribution in [2.45, 2.75) is 19.8 Å². The highest BCUT2D eigenvalue weighted by atomic mass is 32.2. The summed E-state index contributed by atoms with van der Waals surface area (Å²) in [6.07, 6.45) is 1.95. The molecular formula is C13H20N4O2S. The second-order valence-corrected chi connectivity index (χ2v) is 6.88. The quantitative estimate of drug-likeness (QED) is 0.578. The fourth-order valence-corrected chi connectivity index (χ4v) is 3.70. The summed E-state index contributed by atoms with van der Waals surface area (Å²) in [6, 6.07) is 6.56. The third kappa shape index (κ3) is 3.49. The van der Waals surface area contributed by atoms with E-state index in [4.69, 9.17) is 11.1 Å². The summed E-state index contributed by atoms with van der Waals surface area (Å²) in [4.78, 5) is 0. The summed E-state index contributed by atoms with van der Waals surface area (Å²) in [7, 11) is -3.54. The zero-order valence-electron chi connectivity index (χ0n) is 11.5. The van der Waals surface area contributed by atoms with E-state index in [0.29, 0.717) is 30.3 Å². The number of benzene rings is 1. The van der Waals surface area contributed by atoms with E-state index in [1.54, 1.807) is 24.3 Å². The van der Waals surface area contributed by atoms with E-state index in [2.05, 4.69) is 11.6 Å². The Hall–Kier alpha value is -1.60. The predicted molar refractivity (Wildman–Crippen MR) is 80.0 cm³/mol. The van der Waals surface area contributed by atoms with E-state index in [1.807, 2.05) is 0 Å². The number of nitrogens with one attached hydrogen (secondary N) is 2. The number of hydrogen-bond acceptors (Lipinski definition) is 3. The van der Waals surface area contributed by atoms with Gasteiger partial charge in [-0.1, -0.05) is 19.1 Å². The molecule has 1 unspecified atom stereocenters. The molecule has 0 aliphatic carbocycles. The Morgan fingerprint density at radius 2 is 2.25 bits per heavy atom. The molecule has 1 fully saturated rings. The number of hydrogen-bond donors (Lipinski definition) is 3. The van der Waals surface area contributed by atoms with Crippen LogP contribution in [0.5, 0.6) is 0 Å². The minimum atomic E-state index is -3.54. The summed E-state index contributed by atoms with van der Waals surface area (Å²) >= 11 is 0. The maximum absolute atomic E-state index is 12.3. The first-order valence-corrected chi connectivity index (χ1v) is 8.05. The van der Waals surface area contributed by atoms with Crippen molar-refractivity contribution in [2.24, 2.45) is 11.7 Å². The van der Waals surface area contributed by atoms with Gasteiger partial charge < -0.3 is 5.73 Å². The van der Waals surface area contributed by atoms with Gasteiger partial charge in [0.1, 0.15) is 5.84 Å². The standard InChI is InChI=1S/C13H20N4O2S/c1-10-4-3-7-17(9-10)20(18,19)16-12-6-2-5-11(8-12)13(14)15/h2,5-6,8,10,16H,3-4,7,9H2,1H3,(H3,14,15). The van der Waals surface area contributed by atoms with Gasteiger partial charge in [0.15, 0.2) is 0 Å². The number of amidine groups is 1. The molecule has 0 radical (unpaired) electrons. The van der Waals surface area contributed by atoms with E-state index in [-0.39, 0.29) is 5.84 Å². The number of nitrogen functional groups attached to an aromatic ring is 1. The highest BCUT2D eigenvalue weighted by Gasteiger charge is 2.26. The zero-order valence-corrected chi connectivity index (χ0v) is 12.3. The van der Waals surface area contributed by atoms with E-state index >= 15 is 0 Å². The van der Waals surface area contributed by atoms with Gasteiger partial charge in [-0.15, -0.1) is 0 Å². The summed E-state index contributed by atoms with van der Waals surface area (Å²) in [5.74, 6) is 0.293. The Labute approximate surface area is 119 Å². The van der Waals surface area contributed by atoms with Gasteiger partial charge in [-0.2, -0.15) is 12.7 Å². The number of rotatable bonds is 4. The normalized spacial score (nSPS) is 20.6. The van der Waals surface area contributed by atoms with Gasteiger partial charge in [0.05, 0.1) is 5.69 Å². The molecule has 0 amide bonds. The fraction of sp³-hybridized carbons (Fsp3) is 0.462. The van der Waals surface area contributed by atoms with Crippen LogP contribution in [-0.4, -0.2) is 31.6 Å². The van der Waals surface area contributed by atoms with Crippen LogP contribution in [0.1, 0.15) is 25.3 Å². The van der Waals surface area contributed by atoms with Crippen LogP contribution >= 0.6 is 0 Å². The van der Waals surface area contributed by atoms with Gasteiger partial charge in [-0.05, 0) is 30.9 Å². The van der Waals surface area contributed by atoms with Gasteiger partial charge in [0.2, 0.25) is 0 Å². The molecule has 0 spiro atoms. The summed E-state index contributed by atoms with van der Waals surface area (Å²) in [5.41, 5.74) is 6.33. The van der Waals surface area contributed by atoms with E-state index < -0.39 is 10.2 Å². The van der Waals surface area contributed by atoms with Crippen LogP contribution in [0.2, 0.25) is 0 Å². The fourth-order valence-electron chi connectivity index (χ4n) is 2.33. The predicted octanol–water partition coefficient (Wildman–Crippen LogP) is 1.36. The third-order valence-electron chi connectivity index (χ3n) is 3.38. The lowest BCUT2D eigenvalue weighted by Gasteiger charge is -2.30. The average molecular weight is 296 g/mol. The molecule has 1 heterocycles. The first-order chi connectivity index (χ1) is 9.38. The van der Waals surface area contributed by atoms with Crippen LogP contribution in [0.3, 0.4) is 0 Å². The van der Waals surface area contributed by atoms with Crippen molar-refractivity contribution < 1.29 is 8.42 Å². The number of anilines is 1. The molecule has 1 aromatic rings. The van der Waals surface area contributed by atoms with Crippen molar-refractivity contribution in [3.05, 3.63) is 29.8 Å². The van der Waals surface area contributed by atoms with E-state index in [1.165, 1.54) is 4.31 Å². The van der Waals surface area contributed by atoms with Crippen molar-refractivity contribution in [3.63, 3.8) is 0 Å². The average Bonchev–Trinajstić information content (AvgIpc) is 2.38. The number of nitrogens with two attached hydrogens (primary N) is 1. The molecule has 1 atom stereocenters. The van der Waals surface area contributed by atoms with Crippen molar-refractivity contribution in [1.29, 1.82) is 5.41 Å². The zero-order chi connectivity index (χ0) is 14.8.